The second-order valence-corrected chi connectivity index (χ2v) is 7.71. The molecule has 0 aliphatic heterocycles. The summed E-state index contributed by atoms with van der Waals surface area (Å²) in [7, 11) is -1.86. The standard InChI is InChI=1S/C20H18N4O2S/c1-22-16-9-5-15(6-10-16)20-19(18-4-2-3-13-24(18)23-20)14-7-11-17(12-8-14)27(21,25)26/h2-13,22H,1H3,(H2,21,25,26). The molecule has 27 heavy (non-hydrogen) atoms. The Kier molecular flexibility index (Phi) is 4.18. The fraction of sp³-hybridized carbons (Fsp3) is 0.0500. The fourth-order valence-corrected chi connectivity index (χ4v) is 3.61. The van der Waals surface area contributed by atoms with E-state index in [1.165, 1.54) is 12.1 Å². The average molecular weight is 378 g/mol. The molecule has 0 aliphatic carbocycles. The number of hydrogen-bond donors (Lipinski definition) is 2. The van der Waals surface area contributed by atoms with E-state index in [0.717, 1.165) is 33.6 Å². The van der Waals surface area contributed by atoms with E-state index in [1.807, 2.05) is 60.2 Å². The summed E-state index contributed by atoms with van der Waals surface area (Å²) in [4.78, 5) is 0.0858. The van der Waals surface area contributed by atoms with Crippen molar-refractivity contribution < 1.29 is 8.42 Å². The highest BCUT2D eigenvalue weighted by Crippen LogP contribution is 2.35. The van der Waals surface area contributed by atoms with Crippen LogP contribution < -0.4 is 10.5 Å². The quantitative estimate of drug-likeness (QED) is 0.570. The highest BCUT2D eigenvalue weighted by atomic mass is 32.2. The molecule has 0 fully saturated rings. The van der Waals surface area contributed by atoms with E-state index in [2.05, 4.69) is 5.32 Å². The third-order valence-electron chi connectivity index (χ3n) is 4.46. The number of primary sulfonamides is 1. The molecule has 2 heterocycles. The molecule has 4 rings (SSSR count). The van der Waals surface area contributed by atoms with E-state index < -0.39 is 10.0 Å². The Labute approximate surface area is 157 Å². The lowest BCUT2D eigenvalue weighted by molar-refractivity contribution is 0.598. The number of nitrogens with two attached hydrogens (primary N) is 1. The summed E-state index contributed by atoms with van der Waals surface area (Å²) in [5.41, 5.74) is 5.57. The first-order valence-corrected chi connectivity index (χ1v) is 9.91. The lowest BCUT2D eigenvalue weighted by atomic mass is 9.99. The normalized spacial score (nSPS) is 11.6. The first kappa shape index (κ1) is 17.3. The van der Waals surface area contributed by atoms with E-state index >= 15 is 0 Å². The number of fused-ring (bicyclic) bond motifs is 1. The number of hydrogen-bond acceptors (Lipinski definition) is 4. The molecule has 6 nitrogen and oxygen atoms in total. The van der Waals surface area contributed by atoms with Gasteiger partial charge in [0.05, 0.1) is 10.4 Å². The predicted molar refractivity (Wildman–Crippen MR) is 107 cm³/mol. The van der Waals surface area contributed by atoms with Crippen molar-refractivity contribution in [2.75, 3.05) is 12.4 Å². The Bertz CT molecular complexity index is 1210. The minimum absolute atomic E-state index is 0.0858. The van der Waals surface area contributed by atoms with Crippen LogP contribution in [-0.4, -0.2) is 25.1 Å². The molecule has 0 amide bonds. The van der Waals surface area contributed by atoms with Crippen LogP contribution in [0.1, 0.15) is 0 Å². The van der Waals surface area contributed by atoms with Gasteiger partial charge < -0.3 is 5.32 Å². The highest BCUT2D eigenvalue weighted by Gasteiger charge is 2.17. The van der Waals surface area contributed by atoms with Crippen molar-refractivity contribution >= 4 is 21.2 Å². The Morgan fingerprint density at radius 3 is 2.22 bits per heavy atom. The number of nitrogens with zero attached hydrogens (tertiary/aromatic N) is 2. The number of sulfonamides is 1. The molecular weight excluding hydrogens is 360 g/mol. The minimum atomic E-state index is -3.73. The molecular formula is C20H18N4O2S. The third-order valence-corrected chi connectivity index (χ3v) is 5.39. The van der Waals surface area contributed by atoms with E-state index in [1.54, 1.807) is 12.1 Å². The lowest BCUT2D eigenvalue weighted by Crippen LogP contribution is -2.11. The molecule has 0 radical (unpaired) electrons. The highest BCUT2D eigenvalue weighted by molar-refractivity contribution is 7.89. The maximum atomic E-state index is 11.5. The van der Waals surface area contributed by atoms with Gasteiger partial charge in [0.15, 0.2) is 0 Å². The van der Waals surface area contributed by atoms with Gasteiger partial charge in [-0.3, -0.25) is 0 Å². The predicted octanol–water partition coefficient (Wildman–Crippen LogP) is 3.36. The van der Waals surface area contributed by atoms with E-state index in [4.69, 9.17) is 10.2 Å². The van der Waals surface area contributed by atoms with Crippen molar-refractivity contribution in [2.45, 2.75) is 4.90 Å². The summed E-state index contributed by atoms with van der Waals surface area (Å²) in [6.45, 7) is 0. The zero-order valence-corrected chi connectivity index (χ0v) is 15.4. The van der Waals surface area contributed by atoms with Gasteiger partial charge in [-0.2, -0.15) is 5.10 Å². The van der Waals surface area contributed by atoms with Gasteiger partial charge in [0, 0.05) is 30.1 Å². The van der Waals surface area contributed by atoms with Crippen LogP contribution in [0.3, 0.4) is 0 Å². The molecule has 0 unspecified atom stereocenters. The molecule has 0 spiro atoms. The number of anilines is 1. The van der Waals surface area contributed by atoms with Crippen LogP contribution in [0.25, 0.3) is 27.9 Å². The van der Waals surface area contributed by atoms with Crippen molar-refractivity contribution in [3.05, 3.63) is 72.9 Å². The molecule has 2 aromatic heterocycles. The summed E-state index contributed by atoms with van der Waals surface area (Å²) in [5.74, 6) is 0. The molecule has 136 valence electrons. The lowest BCUT2D eigenvalue weighted by Gasteiger charge is -2.06. The fourth-order valence-electron chi connectivity index (χ4n) is 3.09. The largest absolute Gasteiger partial charge is 0.388 e. The Hall–Kier alpha value is -3.16. The smallest absolute Gasteiger partial charge is 0.238 e. The summed E-state index contributed by atoms with van der Waals surface area (Å²) in [6, 6.07) is 20.4. The van der Waals surface area contributed by atoms with Gasteiger partial charge in [0.1, 0.15) is 5.69 Å². The third kappa shape index (κ3) is 3.18. The van der Waals surface area contributed by atoms with Crippen molar-refractivity contribution in [3.8, 4) is 22.4 Å². The summed E-state index contributed by atoms with van der Waals surface area (Å²) in [6.07, 6.45) is 1.89. The van der Waals surface area contributed by atoms with Gasteiger partial charge in [-0.15, -0.1) is 0 Å². The number of pyridine rings is 1. The Morgan fingerprint density at radius 2 is 1.59 bits per heavy atom. The van der Waals surface area contributed by atoms with Crippen LogP contribution in [0.5, 0.6) is 0 Å². The second kappa shape index (κ2) is 6.53. The molecule has 0 saturated heterocycles. The van der Waals surface area contributed by atoms with Crippen molar-refractivity contribution in [1.29, 1.82) is 0 Å². The van der Waals surface area contributed by atoms with Gasteiger partial charge in [0.25, 0.3) is 0 Å². The second-order valence-electron chi connectivity index (χ2n) is 6.15. The van der Waals surface area contributed by atoms with Crippen LogP contribution in [-0.2, 0) is 10.0 Å². The van der Waals surface area contributed by atoms with E-state index in [-0.39, 0.29) is 4.90 Å². The topological polar surface area (TPSA) is 89.5 Å². The Balaban J connectivity index is 1.93. The zero-order chi connectivity index (χ0) is 19.0. The zero-order valence-electron chi connectivity index (χ0n) is 14.6. The molecule has 0 atom stereocenters. The van der Waals surface area contributed by atoms with E-state index in [9.17, 15) is 8.42 Å². The van der Waals surface area contributed by atoms with Gasteiger partial charge in [-0.1, -0.05) is 30.3 Å². The number of benzene rings is 2. The Morgan fingerprint density at radius 1 is 0.926 bits per heavy atom. The van der Waals surface area contributed by atoms with Crippen molar-refractivity contribution in [2.24, 2.45) is 5.14 Å². The summed E-state index contributed by atoms with van der Waals surface area (Å²) < 4.78 is 24.9. The van der Waals surface area contributed by atoms with Gasteiger partial charge in [0.2, 0.25) is 10.0 Å². The number of nitrogens with one attached hydrogen (secondary N) is 1. The number of aromatic nitrogens is 2. The van der Waals surface area contributed by atoms with Crippen molar-refractivity contribution in [1.82, 2.24) is 9.61 Å². The molecule has 3 N–H and O–H groups in total. The van der Waals surface area contributed by atoms with Crippen LogP contribution in [0, 0.1) is 0 Å². The maximum Gasteiger partial charge on any atom is 0.238 e. The molecule has 0 bridgehead atoms. The first-order valence-electron chi connectivity index (χ1n) is 8.36. The van der Waals surface area contributed by atoms with Crippen LogP contribution in [0.15, 0.2) is 77.8 Å². The molecule has 2 aromatic carbocycles. The molecule has 7 heteroatoms. The molecule has 4 aromatic rings. The van der Waals surface area contributed by atoms with Gasteiger partial charge in [-0.25, -0.2) is 18.1 Å². The summed E-state index contributed by atoms with van der Waals surface area (Å²) in [5, 5.41) is 13.1. The summed E-state index contributed by atoms with van der Waals surface area (Å²) >= 11 is 0. The van der Waals surface area contributed by atoms with Crippen molar-refractivity contribution in [3.63, 3.8) is 0 Å². The maximum absolute atomic E-state index is 11.5. The van der Waals surface area contributed by atoms with E-state index in [0.29, 0.717) is 0 Å². The molecule has 0 aliphatic rings. The van der Waals surface area contributed by atoms with Crippen LogP contribution in [0.4, 0.5) is 5.69 Å². The van der Waals surface area contributed by atoms with Crippen LogP contribution >= 0.6 is 0 Å². The SMILES string of the molecule is CNc1ccc(-c2nn3ccccc3c2-c2ccc(S(N)(=O)=O)cc2)cc1. The number of rotatable bonds is 4. The van der Waals surface area contributed by atoms with Gasteiger partial charge >= 0.3 is 0 Å². The monoisotopic (exact) mass is 378 g/mol. The minimum Gasteiger partial charge on any atom is -0.388 e. The molecule has 0 saturated carbocycles. The average Bonchev–Trinajstić information content (AvgIpc) is 3.07. The van der Waals surface area contributed by atoms with Gasteiger partial charge in [-0.05, 0) is 42.0 Å². The van der Waals surface area contributed by atoms with Crippen LogP contribution in [0.2, 0.25) is 0 Å². The first-order chi connectivity index (χ1) is 13.0.